The maximum atomic E-state index is 5.57. The second kappa shape index (κ2) is 23.6. The van der Waals surface area contributed by atoms with Crippen molar-refractivity contribution in [2.75, 3.05) is 72.7 Å². The van der Waals surface area contributed by atoms with Crippen molar-refractivity contribution >= 4 is 0 Å². The second-order valence-corrected chi connectivity index (χ2v) is 7.37. The monoisotopic (exact) mass is 440 g/mol. The number of rotatable bonds is 24. The molecular weight excluding hydrogens is 396 g/mol. The standard InChI is InChI=1S/C25H44O6/c1-2-3-4-5-6-10-13-26-14-15-27-16-17-28-18-19-29-20-21-30-22-23-31-24-25-11-8-7-9-12-25/h7-9,11-12H,2-6,10,13-24H2,1H3. The van der Waals surface area contributed by atoms with Gasteiger partial charge < -0.3 is 28.4 Å². The molecular formula is C25H44O6. The van der Waals surface area contributed by atoms with E-state index >= 15 is 0 Å². The summed E-state index contributed by atoms with van der Waals surface area (Å²) in [4.78, 5) is 0. The summed E-state index contributed by atoms with van der Waals surface area (Å²) in [6.45, 7) is 9.58. The molecule has 6 nitrogen and oxygen atoms in total. The van der Waals surface area contributed by atoms with Crippen LogP contribution < -0.4 is 0 Å². The molecule has 0 radical (unpaired) electrons. The van der Waals surface area contributed by atoms with Gasteiger partial charge in [-0.1, -0.05) is 69.4 Å². The van der Waals surface area contributed by atoms with Gasteiger partial charge in [-0.3, -0.25) is 0 Å². The fraction of sp³-hybridized carbons (Fsp3) is 0.760. The molecule has 6 heteroatoms. The minimum Gasteiger partial charge on any atom is -0.379 e. The van der Waals surface area contributed by atoms with E-state index < -0.39 is 0 Å². The first kappa shape index (κ1) is 28.0. The Hall–Kier alpha value is -1.02. The predicted molar refractivity (Wildman–Crippen MR) is 124 cm³/mol. The Morgan fingerprint density at radius 1 is 0.452 bits per heavy atom. The van der Waals surface area contributed by atoms with E-state index in [0.29, 0.717) is 72.7 Å². The van der Waals surface area contributed by atoms with E-state index in [1.165, 1.54) is 37.7 Å². The first-order valence-corrected chi connectivity index (χ1v) is 11.9. The van der Waals surface area contributed by atoms with Gasteiger partial charge in [-0.15, -0.1) is 0 Å². The van der Waals surface area contributed by atoms with Crippen molar-refractivity contribution < 1.29 is 28.4 Å². The van der Waals surface area contributed by atoms with Gasteiger partial charge in [0, 0.05) is 6.61 Å². The van der Waals surface area contributed by atoms with E-state index in [4.69, 9.17) is 28.4 Å². The normalized spacial score (nSPS) is 11.3. The van der Waals surface area contributed by atoms with Crippen LogP contribution in [0.5, 0.6) is 0 Å². The first-order chi connectivity index (χ1) is 15.4. The van der Waals surface area contributed by atoms with Crippen LogP contribution in [0.25, 0.3) is 0 Å². The van der Waals surface area contributed by atoms with E-state index in [1.807, 2.05) is 18.2 Å². The lowest BCUT2D eigenvalue weighted by molar-refractivity contribution is -0.0178. The van der Waals surface area contributed by atoms with Crippen molar-refractivity contribution in [3.05, 3.63) is 35.9 Å². The molecule has 0 aliphatic heterocycles. The quantitative estimate of drug-likeness (QED) is 0.218. The molecule has 0 amide bonds. The molecule has 0 unspecified atom stereocenters. The Morgan fingerprint density at radius 2 is 0.871 bits per heavy atom. The molecule has 1 aromatic rings. The van der Waals surface area contributed by atoms with E-state index in [-0.39, 0.29) is 0 Å². The summed E-state index contributed by atoms with van der Waals surface area (Å²) in [6, 6.07) is 10.1. The van der Waals surface area contributed by atoms with Gasteiger partial charge in [-0.2, -0.15) is 0 Å². The van der Waals surface area contributed by atoms with E-state index in [0.717, 1.165) is 13.0 Å². The minimum atomic E-state index is 0.564. The lowest BCUT2D eigenvalue weighted by Crippen LogP contribution is -2.14. The maximum absolute atomic E-state index is 5.57. The fourth-order valence-corrected chi connectivity index (χ4v) is 2.85. The molecule has 1 rings (SSSR count). The van der Waals surface area contributed by atoms with Crippen LogP contribution in [-0.4, -0.2) is 72.7 Å². The van der Waals surface area contributed by atoms with Gasteiger partial charge in [0.05, 0.1) is 72.7 Å². The summed E-state index contributed by atoms with van der Waals surface area (Å²) in [5, 5.41) is 0. The van der Waals surface area contributed by atoms with Crippen molar-refractivity contribution in [2.45, 2.75) is 52.1 Å². The predicted octanol–water partition coefficient (Wildman–Crippen LogP) is 4.65. The smallest absolute Gasteiger partial charge is 0.0718 e. The highest BCUT2D eigenvalue weighted by molar-refractivity contribution is 5.13. The van der Waals surface area contributed by atoms with Crippen molar-refractivity contribution in [3.63, 3.8) is 0 Å². The highest BCUT2D eigenvalue weighted by Crippen LogP contribution is 2.04. The van der Waals surface area contributed by atoms with Crippen LogP contribution in [-0.2, 0) is 35.0 Å². The molecule has 0 N–H and O–H groups in total. The van der Waals surface area contributed by atoms with E-state index in [1.54, 1.807) is 0 Å². The molecule has 0 fully saturated rings. The van der Waals surface area contributed by atoms with Gasteiger partial charge in [0.2, 0.25) is 0 Å². The summed E-state index contributed by atoms with van der Waals surface area (Å²) in [5.74, 6) is 0. The van der Waals surface area contributed by atoms with Crippen LogP contribution in [0.15, 0.2) is 30.3 Å². The summed E-state index contributed by atoms with van der Waals surface area (Å²) in [5.41, 5.74) is 1.17. The topological polar surface area (TPSA) is 55.4 Å². The third kappa shape index (κ3) is 20.6. The molecule has 31 heavy (non-hydrogen) atoms. The first-order valence-electron chi connectivity index (χ1n) is 11.9. The molecule has 0 spiro atoms. The minimum absolute atomic E-state index is 0.564. The highest BCUT2D eigenvalue weighted by atomic mass is 16.6. The zero-order valence-corrected chi connectivity index (χ0v) is 19.6. The Bertz CT molecular complexity index is 457. The van der Waals surface area contributed by atoms with Gasteiger partial charge in [-0.05, 0) is 12.0 Å². The molecule has 1 aromatic carbocycles. The second-order valence-electron chi connectivity index (χ2n) is 7.37. The lowest BCUT2D eigenvalue weighted by Gasteiger charge is -2.08. The molecule has 0 aromatic heterocycles. The highest BCUT2D eigenvalue weighted by Gasteiger charge is 1.95. The van der Waals surface area contributed by atoms with E-state index in [9.17, 15) is 0 Å². The van der Waals surface area contributed by atoms with Crippen LogP contribution in [0.2, 0.25) is 0 Å². The van der Waals surface area contributed by atoms with Gasteiger partial charge >= 0.3 is 0 Å². The molecule has 0 bridgehead atoms. The molecule has 0 heterocycles. The van der Waals surface area contributed by atoms with Crippen LogP contribution in [0.3, 0.4) is 0 Å². The molecule has 0 aliphatic carbocycles. The van der Waals surface area contributed by atoms with Gasteiger partial charge in [0.25, 0.3) is 0 Å². The summed E-state index contributed by atoms with van der Waals surface area (Å²) < 4.78 is 33.0. The maximum Gasteiger partial charge on any atom is 0.0718 e. The number of ether oxygens (including phenoxy) is 6. The Kier molecular flexibility index (Phi) is 21.4. The summed E-state index contributed by atoms with van der Waals surface area (Å²) in [6.07, 6.45) is 7.75. The average molecular weight is 441 g/mol. The number of hydrogen-bond donors (Lipinski definition) is 0. The third-order valence-electron chi connectivity index (χ3n) is 4.61. The fourth-order valence-electron chi connectivity index (χ4n) is 2.85. The molecule has 0 saturated carbocycles. The van der Waals surface area contributed by atoms with Crippen molar-refractivity contribution in [1.29, 1.82) is 0 Å². The molecule has 180 valence electrons. The van der Waals surface area contributed by atoms with E-state index in [2.05, 4.69) is 19.1 Å². The van der Waals surface area contributed by atoms with Crippen molar-refractivity contribution in [3.8, 4) is 0 Å². The summed E-state index contributed by atoms with van der Waals surface area (Å²) in [7, 11) is 0. The van der Waals surface area contributed by atoms with Crippen molar-refractivity contribution in [2.24, 2.45) is 0 Å². The van der Waals surface area contributed by atoms with Crippen molar-refractivity contribution in [1.82, 2.24) is 0 Å². The Labute approximate surface area is 189 Å². The largest absolute Gasteiger partial charge is 0.379 e. The Morgan fingerprint density at radius 3 is 1.39 bits per heavy atom. The zero-order chi connectivity index (χ0) is 22.1. The zero-order valence-electron chi connectivity index (χ0n) is 19.6. The number of unbranched alkanes of at least 4 members (excludes halogenated alkanes) is 5. The van der Waals surface area contributed by atoms with Gasteiger partial charge in [-0.25, -0.2) is 0 Å². The van der Waals surface area contributed by atoms with Gasteiger partial charge in [0.15, 0.2) is 0 Å². The lowest BCUT2D eigenvalue weighted by atomic mass is 10.1. The third-order valence-corrected chi connectivity index (χ3v) is 4.61. The molecule has 0 saturated heterocycles. The average Bonchev–Trinajstić information content (AvgIpc) is 2.80. The van der Waals surface area contributed by atoms with Crippen LogP contribution in [0.1, 0.15) is 51.0 Å². The van der Waals surface area contributed by atoms with Crippen LogP contribution in [0, 0.1) is 0 Å². The van der Waals surface area contributed by atoms with Gasteiger partial charge in [0.1, 0.15) is 0 Å². The Balaban J connectivity index is 1.65. The van der Waals surface area contributed by atoms with Crippen LogP contribution in [0.4, 0.5) is 0 Å². The number of hydrogen-bond acceptors (Lipinski definition) is 6. The summed E-state index contributed by atoms with van der Waals surface area (Å²) >= 11 is 0. The number of benzene rings is 1. The SMILES string of the molecule is CCCCCCCCOCCOCCOCCOCCOCCOCc1ccccc1. The van der Waals surface area contributed by atoms with Crippen LogP contribution >= 0.6 is 0 Å². The molecule has 0 aliphatic rings. The molecule has 0 atom stereocenters.